The molecule has 0 aliphatic carbocycles. The van der Waals surface area contributed by atoms with Crippen LogP contribution in [0.4, 0.5) is 0 Å². The average Bonchev–Trinajstić information content (AvgIpc) is 3.31. The molecule has 0 bridgehead atoms. The Hall–Kier alpha value is -4.33. The van der Waals surface area contributed by atoms with E-state index >= 15 is 0 Å². The van der Waals surface area contributed by atoms with Gasteiger partial charge in [-0.25, -0.2) is 10.2 Å². The molecule has 1 aromatic heterocycles. The Balaban J connectivity index is 1.53. The van der Waals surface area contributed by atoms with Crippen molar-refractivity contribution in [2.75, 3.05) is 14.2 Å². The molecule has 8 nitrogen and oxygen atoms in total. The molecule has 32 heavy (non-hydrogen) atoms. The van der Waals surface area contributed by atoms with E-state index in [0.29, 0.717) is 28.6 Å². The smallest absolute Gasteiger partial charge is 0.336 e. The van der Waals surface area contributed by atoms with Crippen molar-refractivity contribution < 1.29 is 28.2 Å². The topological polar surface area (TPSA) is 99.4 Å². The first-order chi connectivity index (χ1) is 15.6. The minimum absolute atomic E-state index is 0.122. The first kappa shape index (κ1) is 22.4. The standard InChI is InChI=1S/C24H22N2O6/c1-29-21-10-8-17(14-22(21)30-2)15-23(27)26-25-16-18-5-3-6-20(13-18)32-24(28)11-9-19-7-4-12-31-19/h3-14,16H,15H2,1-2H3,(H,26,27). The number of furan rings is 1. The predicted molar refractivity (Wildman–Crippen MR) is 119 cm³/mol. The highest BCUT2D eigenvalue weighted by atomic mass is 16.5. The van der Waals surface area contributed by atoms with Gasteiger partial charge in [-0.2, -0.15) is 5.10 Å². The summed E-state index contributed by atoms with van der Waals surface area (Å²) in [6, 6.07) is 15.4. The molecule has 0 unspecified atom stereocenters. The van der Waals surface area contributed by atoms with E-state index in [9.17, 15) is 9.59 Å². The van der Waals surface area contributed by atoms with Crippen LogP contribution < -0.4 is 19.6 Å². The molecule has 0 saturated carbocycles. The van der Waals surface area contributed by atoms with Gasteiger partial charge >= 0.3 is 5.97 Å². The summed E-state index contributed by atoms with van der Waals surface area (Å²) in [5, 5.41) is 3.96. The van der Waals surface area contributed by atoms with E-state index in [1.807, 2.05) is 0 Å². The van der Waals surface area contributed by atoms with Gasteiger partial charge in [0, 0.05) is 6.08 Å². The van der Waals surface area contributed by atoms with Gasteiger partial charge in [-0.15, -0.1) is 0 Å². The highest BCUT2D eigenvalue weighted by Gasteiger charge is 2.08. The number of nitrogens with one attached hydrogen (secondary N) is 1. The van der Waals surface area contributed by atoms with Gasteiger partial charge in [0.25, 0.3) is 0 Å². The number of hydrogen-bond donors (Lipinski definition) is 1. The molecular formula is C24H22N2O6. The van der Waals surface area contributed by atoms with Crippen molar-refractivity contribution in [2.24, 2.45) is 5.10 Å². The SMILES string of the molecule is COc1ccc(CC(=O)NN=Cc2cccc(OC(=O)C=Cc3ccco3)c2)cc1OC. The molecule has 2 aromatic carbocycles. The van der Waals surface area contributed by atoms with Gasteiger partial charge in [-0.3, -0.25) is 4.79 Å². The van der Waals surface area contributed by atoms with E-state index in [4.69, 9.17) is 18.6 Å². The molecule has 0 spiro atoms. The second-order valence-corrected chi connectivity index (χ2v) is 6.50. The van der Waals surface area contributed by atoms with E-state index in [2.05, 4.69) is 10.5 Å². The molecule has 0 aliphatic rings. The molecule has 0 atom stereocenters. The Labute approximate surface area is 185 Å². The molecule has 0 saturated heterocycles. The van der Waals surface area contributed by atoms with Gasteiger partial charge in [0.1, 0.15) is 11.5 Å². The fraction of sp³-hybridized carbons (Fsp3) is 0.125. The third-order valence-corrected chi connectivity index (χ3v) is 4.22. The van der Waals surface area contributed by atoms with Crippen LogP contribution in [0, 0.1) is 0 Å². The number of carbonyl (C=O) groups excluding carboxylic acids is 2. The summed E-state index contributed by atoms with van der Waals surface area (Å²) in [6.45, 7) is 0. The number of esters is 1. The molecule has 1 heterocycles. The van der Waals surface area contributed by atoms with Crippen LogP contribution in [0.2, 0.25) is 0 Å². The Morgan fingerprint density at radius 3 is 2.62 bits per heavy atom. The van der Waals surface area contributed by atoms with Gasteiger partial charge in [0.15, 0.2) is 11.5 Å². The summed E-state index contributed by atoms with van der Waals surface area (Å²) in [5.41, 5.74) is 3.88. The van der Waals surface area contributed by atoms with E-state index in [1.165, 1.54) is 31.7 Å². The van der Waals surface area contributed by atoms with Crippen LogP contribution in [0.15, 0.2) is 76.5 Å². The monoisotopic (exact) mass is 434 g/mol. The van der Waals surface area contributed by atoms with Crippen molar-refractivity contribution >= 4 is 24.2 Å². The second-order valence-electron chi connectivity index (χ2n) is 6.50. The number of hydrogen-bond acceptors (Lipinski definition) is 7. The van der Waals surface area contributed by atoms with Crippen LogP contribution in [-0.2, 0) is 16.0 Å². The molecule has 164 valence electrons. The first-order valence-corrected chi connectivity index (χ1v) is 9.63. The Morgan fingerprint density at radius 1 is 1.03 bits per heavy atom. The van der Waals surface area contributed by atoms with Crippen molar-refractivity contribution in [3.05, 3.63) is 83.8 Å². The molecule has 0 fully saturated rings. The number of benzene rings is 2. The number of ether oxygens (including phenoxy) is 3. The largest absolute Gasteiger partial charge is 0.493 e. The highest BCUT2D eigenvalue weighted by Crippen LogP contribution is 2.27. The van der Waals surface area contributed by atoms with Gasteiger partial charge in [-0.1, -0.05) is 18.2 Å². The number of methoxy groups -OCH3 is 2. The number of nitrogens with zero attached hydrogens (tertiary/aromatic N) is 1. The van der Waals surface area contributed by atoms with Crippen LogP contribution in [0.25, 0.3) is 6.08 Å². The minimum Gasteiger partial charge on any atom is -0.493 e. The van der Waals surface area contributed by atoms with Crippen LogP contribution in [-0.4, -0.2) is 32.3 Å². The molecule has 8 heteroatoms. The highest BCUT2D eigenvalue weighted by molar-refractivity contribution is 5.89. The number of rotatable bonds is 9. The van der Waals surface area contributed by atoms with E-state index < -0.39 is 5.97 Å². The van der Waals surface area contributed by atoms with Crippen molar-refractivity contribution in [2.45, 2.75) is 6.42 Å². The summed E-state index contributed by atoms with van der Waals surface area (Å²) in [5.74, 6) is 1.20. The molecule has 1 N–H and O–H groups in total. The fourth-order valence-corrected chi connectivity index (χ4v) is 2.74. The van der Waals surface area contributed by atoms with E-state index in [-0.39, 0.29) is 12.3 Å². The van der Waals surface area contributed by atoms with Gasteiger partial charge < -0.3 is 18.6 Å². The maximum atomic E-state index is 12.2. The summed E-state index contributed by atoms with van der Waals surface area (Å²) < 4.78 is 20.8. The van der Waals surface area contributed by atoms with Crippen molar-refractivity contribution in [3.8, 4) is 17.2 Å². The van der Waals surface area contributed by atoms with Gasteiger partial charge in [0.2, 0.25) is 5.91 Å². The van der Waals surface area contributed by atoms with Crippen molar-refractivity contribution in [1.82, 2.24) is 5.43 Å². The molecule has 0 radical (unpaired) electrons. The maximum Gasteiger partial charge on any atom is 0.336 e. The first-order valence-electron chi connectivity index (χ1n) is 9.63. The maximum absolute atomic E-state index is 12.2. The fourth-order valence-electron chi connectivity index (χ4n) is 2.74. The number of carbonyl (C=O) groups is 2. The van der Waals surface area contributed by atoms with E-state index in [0.717, 1.165) is 5.56 Å². The van der Waals surface area contributed by atoms with Crippen LogP contribution in [0.3, 0.4) is 0 Å². The lowest BCUT2D eigenvalue weighted by Gasteiger charge is -2.09. The van der Waals surface area contributed by atoms with Crippen LogP contribution in [0.5, 0.6) is 17.2 Å². The number of hydrazone groups is 1. The quantitative estimate of drug-likeness (QED) is 0.182. The molecular weight excluding hydrogens is 412 g/mol. The second kappa shape index (κ2) is 11.2. The lowest BCUT2D eigenvalue weighted by atomic mass is 10.1. The Bertz CT molecular complexity index is 1120. The Kier molecular flexibility index (Phi) is 7.80. The van der Waals surface area contributed by atoms with Gasteiger partial charge in [-0.05, 0) is 53.6 Å². The summed E-state index contributed by atoms with van der Waals surface area (Å²) in [6.07, 6.45) is 5.88. The zero-order valence-electron chi connectivity index (χ0n) is 17.6. The zero-order valence-corrected chi connectivity index (χ0v) is 17.6. The molecule has 0 aliphatic heterocycles. The van der Waals surface area contributed by atoms with Crippen molar-refractivity contribution in [1.29, 1.82) is 0 Å². The molecule has 1 amide bonds. The van der Waals surface area contributed by atoms with Crippen LogP contribution in [0.1, 0.15) is 16.9 Å². The van der Waals surface area contributed by atoms with E-state index in [1.54, 1.807) is 61.7 Å². The predicted octanol–water partition coefficient (Wildman–Crippen LogP) is 3.61. The lowest BCUT2D eigenvalue weighted by molar-refractivity contribution is -0.129. The number of amides is 1. The zero-order chi connectivity index (χ0) is 22.8. The minimum atomic E-state index is -0.543. The summed E-state index contributed by atoms with van der Waals surface area (Å²) in [7, 11) is 3.08. The third kappa shape index (κ3) is 6.60. The van der Waals surface area contributed by atoms with Crippen molar-refractivity contribution in [3.63, 3.8) is 0 Å². The average molecular weight is 434 g/mol. The Morgan fingerprint density at radius 2 is 1.88 bits per heavy atom. The van der Waals surface area contributed by atoms with Gasteiger partial charge in [0.05, 0.1) is 33.1 Å². The lowest BCUT2D eigenvalue weighted by Crippen LogP contribution is -2.19. The summed E-state index contributed by atoms with van der Waals surface area (Å²) in [4.78, 5) is 24.1. The third-order valence-electron chi connectivity index (χ3n) is 4.22. The molecule has 3 aromatic rings. The molecule has 3 rings (SSSR count). The normalized spacial score (nSPS) is 10.9. The van der Waals surface area contributed by atoms with Crippen LogP contribution >= 0.6 is 0 Å². The summed E-state index contributed by atoms with van der Waals surface area (Å²) >= 11 is 0.